The molecule has 0 aliphatic carbocycles. The van der Waals surface area contributed by atoms with Gasteiger partial charge in [-0.2, -0.15) is 0 Å². The number of piperazine rings is 1. The van der Waals surface area contributed by atoms with Crippen LogP contribution in [0.2, 0.25) is 0 Å². The number of benzene rings is 1. The van der Waals surface area contributed by atoms with Gasteiger partial charge in [0.05, 0.1) is 0 Å². The molecule has 1 amide bonds. The predicted molar refractivity (Wildman–Crippen MR) is 76.4 cm³/mol. The van der Waals surface area contributed by atoms with Gasteiger partial charge in [0.15, 0.2) is 0 Å². The number of nitrogens with zero attached hydrogens (tertiary/aromatic N) is 2. The quantitative estimate of drug-likeness (QED) is 0.771. The predicted octanol–water partition coefficient (Wildman–Crippen LogP) is 2.22. The lowest BCUT2D eigenvalue weighted by Crippen LogP contribution is -2.53. The first kappa shape index (κ1) is 12.7. The molecular formula is C16H22N2O. The van der Waals surface area contributed by atoms with Gasteiger partial charge >= 0.3 is 0 Å². The van der Waals surface area contributed by atoms with Crippen molar-refractivity contribution in [1.29, 1.82) is 0 Å². The molecular weight excluding hydrogens is 236 g/mol. The van der Waals surface area contributed by atoms with Crippen molar-refractivity contribution >= 4 is 5.91 Å². The molecule has 2 fully saturated rings. The SMILES string of the molecule is Cc1cc(C)cc(C(=O)N2C[C@H]3CC[C@@H](C2)N3C)c1. The molecule has 2 saturated heterocycles. The second kappa shape index (κ2) is 4.64. The second-order valence-corrected chi connectivity index (χ2v) is 6.14. The summed E-state index contributed by atoms with van der Waals surface area (Å²) < 4.78 is 0. The molecule has 3 nitrogen and oxygen atoms in total. The lowest BCUT2D eigenvalue weighted by molar-refractivity contribution is 0.0524. The van der Waals surface area contributed by atoms with Crippen molar-refractivity contribution in [3.8, 4) is 0 Å². The van der Waals surface area contributed by atoms with E-state index < -0.39 is 0 Å². The van der Waals surface area contributed by atoms with Gasteiger partial charge in [0.25, 0.3) is 5.91 Å². The maximum Gasteiger partial charge on any atom is 0.253 e. The number of likely N-dealkylation sites (tertiary alicyclic amines) is 1. The molecule has 0 spiro atoms. The Balaban J connectivity index is 1.81. The standard InChI is InChI=1S/C16H22N2O/c1-11-6-12(2)8-13(7-11)16(19)18-9-14-4-5-15(10-18)17(14)3/h6-8,14-15H,4-5,9-10H2,1-3H3/t14-,15+. The van der Waals surface area contributed by atoms with E-state index in [0.717, 1.165) is 18.7 Å². The molecule has 3 rings (SSSR count). The molecule has 2 atom stereocenters. The highest BCUT2D eigenvalue weighted by molar-refractivity contribution is 5.94. The summed E-state index contributed by atoms with van der Waals surface area (Å²) in [5, 5.41) is 0. The van der Waals surface area contributed by atoms with Crippen LogP contribution in [0.4, 0.5) is 0 Å². The minimum atomic E-state index is 0.205. The Kier molecular flexibility index (Phi) is 3.09. The van der Waals surface area contributed by atoms with Gasteiger partial charge in [-0.15, -0.1) is 0 Å². The molecule has 102 valence electrons. The lowest BCUT2D eigenvalue weighted by Gasteiger charge is -2.39. The average Bonchev–Trinajstić information content (AvgIpc) is 2.60. The molecule has 2 bridgehead atoms. The minimum absolute atomic E-state index is 0.205. The fourth-order valence-corrected chi connectivity index (χ4v) is 3.56. The van der Waals surface area contributed by atoms with Gasteiger partial charge in [-0.05, 0) is 45.9 Å². The second-order valence-electron chi connectivity index (χ2n) is 6.14. The molecule has 2 aliphatic heterocycles. The van der Waals surface area contributed by atoms with Crippen molar-refractivity contribution < 1.29 is 4.79 Å². The zero-order chi connectivity index (χ0) is 13.6. The molecule has 19 heavy (non-hydrogen) atoms. The van der Waals surface area contributed by atoms with Crippen LogP contribution in [0.3, 0.4) is 0 Å². The smallest absolute Gasteiger partial charge is 0.253 e. The molecule has 0 aromatic heterocycles. The van der Waals surface area contributed by atoms with Crippen molar-refractivity contribution in [2.45, 2.75) is 38.8 Å². The number of hydrogen-bond donors (Lipinski definition) is 0. The van der Waals surface area contributed by atoms with E-state index in [1.807, 2.05) is 12.1 Å². The largest absolute Gasteiger partial charge is 0.336 e. The first-order valence-electron chi connectivity index (χ1n) is 7.14. The summed E-state index contributed by atoms with van der Waals surface area (Å²) in [5.41, 5.74) is 3.18. The molecule has 0 saturated carbocycles. The lowest BCUT2D eigenvalue weighted by atomic mass is 10.1. The monoisotopic (exact) mass is 258 g/mol. The number of carbonyl (C=O) groups excluding carboxylic acids is 1. The zero-order valence-corrected chi connectivity index (χ0v) is 12.0. The zero-order valence-electron chi connectivity index (χ0n) is 12.0. The van der Waals surface area contributed by atoms with Gasteiger partial charge in [0.1, 0.15) is 0 Å². The normalized spacial score (nSPS) is 26.8. The fraction of sp³-hybridized carbons (Fsp3) is 0.562. The van der Waals surface area contributed by atoms with E-state index in [4.69, 9.17) is 0 Å². The molecule has 3 heteroatoms. The number of amides is 1. The fourth-order valence-electron chi connectivity index (χ4n) is 3.56. The highest BCUT2D eigenvalue weighted by Crippen LogP contribution is 2.29. The van der Waals surface area contributed by atoms with Crippen LogP contribution < -0.4 is 0 Å². The first-order valence-corrected chi connectivity index (χ1v) is 7.14. The number of carbonyl (C=O) groups is 1. The van der Waals surface area contributed by atoms with Gasteiger partial charge in [-0.3, -0.25) is 9.69 Å². The van der Waals surface area contributed by atoms with Crippen molar-refractivity contribution in [3.63, 3.8) is 0 Å². The van der Waals surface area contributed by atoms with E-state index in [1.54, 1.807) is 0 Å². The molecule has 2 heterocycles. The highest BCUT2D eigenvalue weighted by Gasteiger charge is 2.39. The Morgan fingerprint density at radius 2 is 1.58 bits per heavy atom. The van der Waals surface area contributed by atoms with Crippen molar-refractivity contribution in [3.05, 3.63) is 34.9 Å². The maximum atomic E-state index is 12.6. The summed E-state index contributed by atoms with van der Waals surface area (Å²) in [6, 6.07) is 7.26. The van der Waals surface area contributed by atoms with Crippen LogP contribution in [0.15, 0.2) is 18.2 Å². The molecule has 2 aliphatic rings. The summed E-state index contributed by atoms with van der Waals surface area (Å²) in [4.78, 5) is 17.1. The van der Waals surface area contributed by atoms with Crippen molar-refractivity contribution in [2.75, 3.05) is 20.1 Å². The number of rotatable bonds is 1. The number of likely N-dealkylation sites (N-methyl/N-ethyl adjacent to an activating group) is 1. The van der Waals surface area contributed by atoms with Gasteiger partial charge < -0.3 is 4.90 Å². The topological polar surface area (TPSA) is 23.6 Å². The first-order chi connectivity index (χ1) is 9.04. The van der Waals surface area contributed by atoms with Gasteiger partial charge in [-0.25, -0.2) is 0 Å². The molecule has 0 radical (unpaired) electrons. The van der Waals surface area contributed by atoms with E-state index in [-0.39, 0.29) is 5.91 Å². The van der Waals surface area contributed by atoms with Crippen molar-refractivity contribution in [1.82, 2.24) is 9.80 Å². The Morgan fingerprint density at radius 3 is 2.11 bits per heavy atom. The summed E-state index contributed by atoms with van der Waals surface area (Å²) in [6.07, 6.45) is 2.47. The summed E-state index contributed by atoms with van der Waals surface area (Å²) in [6.45, 7) is 5.88. The van der Waals surface area contributed by atoms with Crippen LogP contribution in [0.5, 0.6) is 0 Å². The van der Waals surface area contributed by atoms with Crippen LogP contribution in [-0.2, 0) is 0 Å². The molecule has 0 unspecified atom stereocenters. The van der Waals surface area contributed by atoms with E-state index >= 15 is 0 Å². The van der Waals surface area contributed by atoms with Gasteiger partial charge in [0.2, 0.25) is 0 Å². The summed E-state index contributed by atoms with van der Waals surface area (Å²) >= 11 is 0. The number of aryl methyl sites for hydroxylation is 2. The Morgan fingerprint density at radius 1 is 1.05 bits per heavy atom. The third kappa shape index (κ3) is 2.27. The Hall–Kier alpha value is -1.35. The summed E-state index contributed by atoms with van der Waals surface area (Å²) in [7, 11) is 2.20. The molecule has 1 aromatic rings. The highest BCUT2D eigenvalue weighted by atomic mass is 16.2. The van der Waals surface area contributed by atoms with Crippen molar-refractivity contribution in [2.24, 2.45) is 0 Å². The number of hydrogen-bond acceptors (Lipinski definition) is 2. The van der Waals surface area contributed by atoms with Crippen LogP contribution in [0, 0.1) is 13.8 Å². The molecule has 1 aromatic carbocycles. The third-order valence-corrected chi connectivity index (χ3v) is 4.60. The van der Waals surface area contributed by atoms with E-state index in [2.05, 4.69) is 36.8 Å². The Bertz CT molecular complexity index is 477. The van der Waals surface area contributed by atoms with Gasteiger partial charge in [0, 0.05) is 30.7 Å². The average molecular weight is 258 g/mol. The maximum absolute atomic E-state index is 12.6. The Labute approximate surface area is 115 Å². The van der Waals surface area contributed by atoms with Gasteiger partial charge in [-0.1, -0.05) is 17.2 Å². The van der Waals surface area contributed by atoms with Crippen LogP contribution >= 0.6 is 0 Å². The van der Waals surface area contributed by atoms with Crippen LogP contribution in [0.1, 0.15) is 34.3 Å². The van der Waals surface area contributed by atoms with Crippen LogP contribution in [-0.4, -0.2) is 47.9 Å². The number of fused-ring (bicyclic) bond motifs is 2. The minimum Gasteiger partial charge on any atom is -0.336 e. The van der Waals surface area contributed by atoms with Crippen LogP contribution in [0.25, 0.3) is 0 Å². The third-order valence-electron chi connectivity index (χ3n) is 4.60. The van der Waals surface area contributed by atoms with E-state index in [1.165, 1.54) is 24.0 Å². The van der Waals surface area contributed by atoms with E-state index in [9.17, 15) is 4.79 Å². The summed E-state index contributed by atoms with van der Waals surface area (Å²) in [5.74, 6) is 0.205. The molecule has 0 N–H and O–H groups in total. The van der Waals surface area contributed by atoms with E-state index in [0.29, 0.717) is 12.1 Å².